The molecular weight excluding hydrogens is 295 g/mol. The van der Waals surface area contributed by atoms with Crippen LogP contribution in [0.1, 0.15) is 17.2 Å². The average molecular weight is 311 g/mol. The van der Waals surface area contributed by atoms with Gasteiger partial charge >= 0.3 is 0 Å². The fourth-order valence-electron chi connectivity index (χ4n) is 2.14. The first kappa shape index (κ1) is 15.6. The Morgan fingerprint density at radius 3 is 2.38 bits per heavy atom. The van der Waals surface area contributed by atoms with Gasteiger partial charge in [0, 0.05) is 22.2 Å². The first-order valence-electron chi connectivity index (χ1n) is 6.23. The molecule has 1 unspecified atom stereocenters. The fourth-order valence-corrected chi connectivity index (χ4v) is 2.30. The van der Waals surface area contributed by atoms with Crippen LogP contribution in [-0.2, 0) is 0 Å². The van der Waals surface area contributed by atoms with Crippen molar-refractivity contribution in [1.82, 2.24) is 5.43 Å². The summed E-state index contributed by atoms with van der Waals surface area (Å²) in [5.74, 6) is 6.35. The standard InChI is InChI=1S/C15H16ClFN2O2/c1-20-10-4-6-12(14(8-10)21-2)15(19-18)11-5-3-9(16)7-13(11)17/h3-8,15,19H,18H2,1-2H3. The number of methoxy groups -OCH3 is 2. The van der Waals surface area contributed by atoms with Crippen molar-refractivity contribution in [2.75, 3.05) is 14.2 Å². The molecule has 0 saturated carbocycles. The van der Waals surface area contributed by atoms with Crippen LogP contribution in [0.3, 0.4) is 0 Å². The zero-order chi connectivity index (χ0) is 15.4. The number of benzene rings is 2. The van der Waals surface area contributed by atoms with Gasteiger partial charge in [-0.15, -0.1) is 0 Å². The van der Waals surface area contributed by atoms with E-state index >= 15 is 0 Å². The first-order valence-corrected chi connectivity index (χ1v) is 6.61. The van der Waals surface area contributed by atoms with Crippen molar-refractivity contribution in [1.29, 1.82) is 0 Å². The monoisotopic (exact) mass is 310 g/mol. The predicted molar refractivity (Wildman–Crippen MR) is 80.1 cm³/mol. The van der Waals surface area contributed by atoms with E-state index in [9.17, 15) is 4.39 Å². The summed E-state index contributed by atoms with van der Waals surface area (Å²) in [4.78, 5) is 0. The maximum atomic E-state index is 14.1. The molecule has 0 aromatic heterocycles. The van der Waals surface area contributed by atoms with Crippen LogP contribution in [0, 0.1) is 5.82 Å². The zero-order valence-electron chi connectivity index (χ0n) is 11.7. The number of hydrogen-bond acceptors (Lipinski definition) is 4. The van der Waals surface area contributed by atoms with Crippen molar-refractivity contribution in [2.45, 2.75) is 6.04 Å². The highest BCUT2D eigenvalue weighted by atomic mass is 35.5. The molecule has 3 N–H and O–H groups in total. The van der Waals surface area contributed by atoms with Crippen molar-refractivity contribution in [3.63, 3.8) is 0 Å². The minimum atomic E-state index is -0.567. The minimum absolute atomic E-state index is 0.328. The van der Waals surface area contributed by atoms with Gasteiger partial charge in [0.1, 0.15) is 17.3 Å². The molecule has 0 bridgehead atoms. The molecular formula is C15H16ClFN2O2. The molecule has 2 aromatic rings. The third-order valence-electron chi connectivity index (χ3n) is 3.19. The van der Waals surface area contributed by atoms with Crippen LogP contribution in [0.5, 0.6) is 11.5 Å². The van der Waals surface area contributed by atoms with E-state index in [0.29, 0.717) is 27.6 Å². The Bertz CT molecular complexity index is 637. The molecule has 4 nitrogen and oxygen atoms in total. The summed E-state index contributed by atoms with van der Waals surface area (Å²) in [7, 11) is 3.09. The molecule has 21 heavy (non-hydrogen) atoms. The first-order chi connectivity index (χ1) is 10.1. The van der Waals surface area contributed by atoms with Crippen LogP contribution in [0.2, 0.25) is 5.02 Å². The van der Waals surface area contributed by atoms with Gasteiger partial charge in [-0.1, -0.05) is 17.7 Å². The quantitative estimate of drug-likeness (QED) is 0.658. The summed E-state index contributed by atoms with van der Waals surface area (Å²) in [6, 6.07) is 9.13. The Labute approximate surface area is 127 Å². The van der Waals surface area contributed by atoms with Crippen molar-refractivity contribution >= 4 is 11.6 Å². The minimum Gasteiger partial charge on any atom is -0.497 e. The topological polar surface area (TPSA) is 56.5 Å². The number of hydrazine groups is 1. The smallest absolute Gasteiger partial charge is 0.129 e. The van der Waals surface area contributed by atoms with Gasteiger partial charge in [0.25, 0.3) is 0 Å². The van der Waals surface area contributed by atoms with E-state index in [2.05, 4.69) is 5.43 Å². The molecule has 112 valence electrons. The van der Waals surface area contributed by atoms with E-state index in [1.165, 1.54) is 13.2 Å². The Morgan fingerprint density at radius 1 is 1.10 bits per heavy atom. The largest absolute Gasteiger partial charge is 0.497 e. The van der Waals surface area contributed by atoms with Gasteiger partial charge in [-0.25, -0.2) is 9.82 Å². The van der Waals surface area contributed by atoms with Crippen LogP contribution < -0.4 is 20.7 Å². The SMILES string of the molecule is COc1ccc(C(NN)c2ccc(Cl)cc2F)c(OC)c1. The van der Waals surface area contributed by atoms with Crippen LogP contribution in [0.4, 0.5) is 4.39 Å². The van der Waals surface area contributed by atoms with Crippen LogP contribution in [0.25, 0.3) is 0 Å². The molecule has 0 heterocycles. The van der Waals surface area contributed by atoms with E-state index in [4.69, 9.17) is 26.9 Å². The molecule has 1 atom stereocenters. The number of halogens is 2. The molecule has 2 aromatic carbocycles. The van der Waals surface area contributed by atoms with Crippen molar-refractivity contribution in [3.8, 4) is 11.5 Å². The third kappa shape index (κ3) is 3.26. The second-order valence-corrected chi connectivity index (χ2v) is 4.81. The highest BCUT2D eigenvalue weighted by molar-refractivity contribution is 6.30. The summed E-state index contributed by atoms with van der Waals surface area (Å²) in [6.45, 7) is 0. The number of ether oxygens (including phenoxy) is 2. The number of nitrogens with two attached hydrogens (primary N) is 1. The van der Waals surface area contributed by atoms with E-state index in [0.717, 1.165) is 0 Å². The van der Waals surface area contributed by atoms with Crippen LogP contribution in [0.15, 0.2) is 36.4 Å². The highest BCUT2D eigenvalue weighted by Crippen LogP contribution is 2.34. The Morgan fingerprint density at radius 2 is 1.81 bits per heavy atom. The number of nitrogens with one attached hydrogen (secondary N) is 1. The molecule has 0 aliphatic heterocycles. The maximum Gasteiger partial charge on any atom is 0.129 e. The summed E-state index contributed by atoms with van der Waals surface area (Å²) < 4.78 is 24.6. The summed E-state index contributed by atoms with van der Waals surface area (Å²) in [5.41, 5.74) is 3.68. The van der Waals surface area contributed by atoms with Crippen LogP contribution in [-0.4, -0.2) is 14.2 Å². The average Bonchev–Trinajstić information content (AvgIpc) is 2.50. The van der Waals surface area contributed by atoms with Gasteiger partial charge in [-0.05, 0) is 24.3 Å². The lowest BCUT2D eigenvalue weighted by Crippen LogP contribution is -2.29. The lowest BCUT2D eigenvalue weighted by molar-refractivity contribution is 0.387. The Hall–Kier alpha value is -1.82. The summed E-state index contributed by atoms with van der Waals surface area (Å²) in [5, 5.41) is 0.328. The molecule has 0 aliphatic rings. The molecule has 0 spiro atoms. The van der Waals surface area contributed by atoms with Gasteiger partial charge in [-0.2, -0.15) is 0 Å². The van der Waals surface area contributed by atoms with Gasteiger partial charge in [0.2, 0.25) is 0 Å². The summed E-state index contributed by atoms with van der Waals surface area (Å²) in [6.07, 6.45) is 0. The molecule has 6 heteroatoms. The Balaban J connectivity index is 2.50. The Kier molecular flexibility index (Phi) is 5.01. The van der Waals surface area contributed by atoms with Gasteiger partial charge < -0.3 is 9.47 Å². The van der Waals surface area contributed by atoms with E-state index < -0.39 is 11.9 Å². The number of hydrogen-bond donors (Lipinski definition) is 2. The molecule has 0 amide bonds. The lowest BCUT2D eigenvalue weighted by atomic mass is 9.97. The lowest BCUT2D eigenvalue weighted by Gasteiger charge is -2.20. The molecule has 0 fully saturated rings. The third-order valence-corrected chi connectivity index (χ3v) is 3.43. The van der Waals surface area contributed by atoms with Gasteiger partial charge in [0.05, 0.1) is 20.3 Å². The van der Waals surface area contributed by atoms with Gasteiger partial charge in [-0.3, -0.25) is 5.84 Å². The van der Waals surface area contributed by atoms with Crippen LogP contribution >= 0.6 is 11.6 Å². The molecule has 2 rings (SSSR count). The second kappa shape index (κ2) is 6.76. The highest BCUT2D eigenvalue weighted by Gasteiger charge is 2.21. The zero-order valence-corrected chi connectivity index (χ0v) is 12.4. The predicted octanol–water partition coefficient (Wildman–Crippen LogP) is 3.05. The van der Waals surface area contributed by atoms with Crippen molar-refractivity contribution in [3.05, 3.63) is 58.4 Å². The molecule has 0 radical (unpaired) electrons. The maximum absolute atomic E-state index is 14.1. The normalized spacial score (nSPS) is 12.0. The second-order valence-electron chi connectivity index (χ2n) is 4.37. The van der Waals surface area contributed by atoms with Crippen molar-refractivity contribution in [2.24, 2.45) is 5.84 Å². The molecule has 0 saturated heterocycles. The fraction of sp³-hybridized carbons (Fsp3) is 0.200. The molecule has 0 aliphatic carbocycles. The van der Waals surface area contributed by atoms with E-state index in [-0.39, 0.29) is 0 Å². The number of rotatable bonds is 5. The van der Waals surface area contributed by atoms with E-state index in [1.54, 1.807) is 37.4 Å². The summed E-state index contributed by atoms with van der Waals surface area (Å²) >= 11 is 5.78. The van der Waals surface area contributed by atoms with Crippen molar-refractivity contribution < 1.29 is 13.9 Å². The van der Waals surface area contributed by atoms with E-state index in [1.807, 2.05) is 0 Å². The van der Waals surface area contributed by atoms with Gasteiger partial charge in [0.15, 0.2) is 0 Å².